The summed E-state index contributed by atoms with van der Waals surface area (Å²) in [5.41, 5.74) is 2.09. The van der Waals surface area contributed by atoms with Gasteiger partial charge in [0.05, 0.1) is 10.7 Å². The van der Waals surface area contributed by atoms with Crippen molar-refractivity contribution >= 4 is 39.7 Å². The van der Waals surface area contributed by atoms with Gasteiger partial charge in [-0.2, -0.15) is 29.3 Å². The van der Waals surface area contributed by atoms with Gasteiger partial charge in [0.1, 0.15) is 12.0 Å². The van der Waals surface area contributed by atoms with Gasteiger partial charge in [-0.15, -0.1) is 0 Å². The average molecular weight is 378 g/mol. The van der Waals surface area contributed by atoms with Crippen LogP contribution < -0.4 is 5.73 Å². The number of carbonyl (C=O) groups is 1. The lowest BCUT2D eigenvalue weighted by Crippen LogP contribution is -2.43. The lowest BCUT2D eigenvalue weighted by Gasteiger charge is -2.29. The number of aldehydes is 1. The highest BCUT2D eigenvalue weighted by atomic mass is 32.2. The number of aliphatic hydroxyl groups is 1. The van der Waals surface area contributed by atoms with E-state index in [4.69, 9.17) is 5.73 Å². The van der Waals surface area contributed by atoms with Crippen LogP contribution in [0, 0.1) is 0 Å². The van der Waals surface area contributed by atoms with E-state index in [2.05, 4.69) is 4.37 Å². The molecule has 9 heteroatoms. The Bertz CT molecular complexity index is 693. The smallest absolute Gasteiger partial charge is 0.375 e. The van der Waals surface area contributed by atoms with Gasteiger partial charge < -0.3 is 15.6 Å². The number of halogens is 3. The largest absolute Gasteiger partial charge is 0.423 e. The monoisotopic (exact) mass is 378 g/mol. The minimum atomic E-state index is -4.83. The molecule has 4 nitrogen and oxygen atoms in total. The molecule has 0 aliphatic rings. The van der Waals surface area contributed by atoms with Crippen LogP contribution in [0.25, 0.3) is 10.1 Å². The van der Waals surface area contributed by atoms with Crippen LogP contribution in [0.2, 0.25) is 0 Å². The molecule has 0 radical (unpaired) electrons. The fraction of sp³-hybridized carbons (Fsp3) is 0.467. The minimum Gasteiger partial charge on any atom is -0.375 e. The topological polar surface area (TPSA) is 76.2 Å². The van der Waals surface area contributed by atoms with Crippen LogP contribution in [-0.2, 0) is 10.4 Å². The van der Waals surface area contributed by atoms with E-state index in [-0.39, 0.29) is 11.4 Å². The summed E-state index contributed by atoms with van der Waals surface area (Å²) >= 11 is 2.15. The molecular weight excluding hydrogens is 361 g/mol. The normalized spacial score (nSPS) is 16.0. The molecule has 0 aliphatic carbocycles. The van der Waals surface area contributed by atoms with Gasteiger partial charge in [-0.05, 0) is 41.9 Å². The third kappa shape index (κ3) is 4.08. The van der Waals surface area contributed by atoms with E-state index in [9.17, 15) is 23.1 Å². The molecule has 3 N–H and O–H groups in total. The number of benzene rings is 1. The quantitative estimate of drug-likeness (QED) is 0.545. The molecular formula is C15H17F3N2O2S2. The van der Waals surface area contributed by atoms with Gasteiger partial charge in [0.15, 0.2) is 0 Å². The third-order valence-electron chi connectivity index (χ3n) is 3.62. The molecule has 0 aliphatic heterocycles. The number of fused-ring (bicyclic) bond motifs is 1. The number of carbonyl (C=O) groups excluding carboxylic acids is 1. The molecule has 2 unspecified atom stereocenters. The van der Waals surface area contributed by atoms with Crippen molar-refractivity contribution < 1.29 is 23.1 Å². The number of hydrogen-bond donors (Lipinski definition) is 2. The zero-order valence-corrected chi connectivity index (χ0v) is 14.3. The maximum Gasteiger partial charge on any atom is 0.423 e. The Balaban J connectivity index is 2.14. The first kappa shape index (κ1) is 19.2. The average Bonchev–Trinajstić information content (AvgIpc) is 2.97. The van der Waals surface area contributed by atoms with Crippen LogP contribution in [0.15, 0.2) is 24.3 Å². The van der Waals surface area contributed by atoms with Crippen molar-refractivity contribution in [1.29, 1.82) is 0 Å². The molecule has 2 rings (SSSR count). The van der Waals surface area contributed by atoms with Crippen LogP contribution in [0.4, 0.5) is 13.2 Å². The van der Waals surface area contributed by atoms with Crippen molar-refractivity contribution in [3.05, 3.63) is 30.0 Å². The zero-order valence-electron chi connectivity index (χ0n) is 12.6. The van der Waals surface area contributed by atoms with E-state index in [1.54, 1.807) is 18.2 Å². The van der Waals surface area contributed by atoms with E-state index >= 15 is 0 Å². The Labute approximate surface area is 145 Å². The molecule has 0 spiro atoms. The maximum absolute atomic E-state index is 13.5. The number of nitrogens with zero attached hydrogens (tertiary/aromatic N) is 1. The van der Waals surface area contributed by atoms with Crippen LogP contribution in [-0.4, -0.2) is 39.5 Å². The van der Waals surface area contributed by atoms with Gasteiger partial charge in [-0.1, -0.05) is 18.2 Å². The summed E-state index contributed by atoms with van der Waals surface area (Å²) in [5, 5.41) is 10.7. The fourth-order valence-electron chi connectivity index (χ4n) is 2.19. The minimum absolute atomic E-state index is 0.0768. The van der Waals surface area contributed by atoms with Crippen LogP contribution in [0.3, 0.4) is 0 Å². The van der Waals surface area contributed by atoms with Crippen molar-refractivity contribution in [2.45, 2.75) is 30.7 Å². The lowest BCUT2D eigenvalue weighted by molar-refractivity contribution is -0.268. The predicted molar refractivity (Wildman–Crippen MR) is 90.2 cm³/mol. The standard InChI is InChI=1S/C15H17F3N2O2S2/c16-15(17,18)14(22,6-8-23-7-5-10(19)9-21)13-11-3-1-2-4-12(11)24-20-13/h1-4,9-10,22H,5-8,19H2. The first-order chi connectivity index (χ1) is 11.3. The SMILES string of the molecule is NC(C=O)CCSCCC(O)(c1nsc2ccccc12)C(F)(F)F. The maximum atomic E-state index is 13.5. The van der Waals surface area contributed by atoms with Gasteiger partial charge in [-0.3, -0.25) is 0 Å². The molecule has 132 valence electrons. The van der Waals surface area contributed by atoms with Gasteiger partial charge in [0.2, 0.25) is 5.60 Å². The van der Waals surface area contributed by atoms with E-state index in [0.717, 1.165) is 11.5 Å². The molecule has 2 aromatic rings. The fourth-order valence-corrected chi connectivity index (χ4v) is 4.11. The lowest BCUT2D eigenvalue weighted by atomic mass is 9.93. The molecule has 0 amide bonds. The molecule has 24 heavy (non-hydrogen) atoms. The highest BCUT2D eigenvalue weighted by Crippen LogP contribution is 2.44. The summed E-state index contributed by atoms with van der Waals surface area (Å²) in [6.07, 6.45) is -4.35. The van der Waals surface area contributed by atoms with E-state index in [1.807, 2.05) is 0 Å². The summed E-state index contributed by atoms with van der Waals surface area (Å²) in [6.45, 7) is 0. The highest BCUT2D eigenvalue weighted by molar-refractivity contribution is 7.99. The molecule has 1 heterocycles. The van der Waals surface area contributed by atoms with E-state index in [1.165, 1.54) is 17.8 Å². The van der Waals surface area contributed by atoms with Crippen molar-refractivity contribution in [2.24, 2.45) is 5.73 Å². The molecule has 1 aromatic carbocycles. The van der Waals surface area contributed by atoms with Crippen LogP contribution in [0.5, 0.6) is 0 Å². The highest BCUT2D eigenvalue weighted by Gasteiger charge is 2.56. The Kier molecular flexibility index (Phi) is 6.24. The van der Waals surface area contributed by atoms with Crippen molar-refractivity contribution in [2.75, 3.05) is 11.5 Å². The van der Waals surface area contributed by atoms with Crippen molar-refractivity contribution in [1.82, 2.24) is 4.37 Å². The summed E-state index contributed by atoms with van der Waals surface area (Å²) in [7, 11) is 0. The Morgan fingerprint density at radius 1 is 1.33 bits per heavy atom. The zero-order chi connectivity index (χ0) is 17.8. The van der Waals surface area contributed by atoms with Crippen molar-refractivity contribution in [3.63, 3.8) is 0 Å². The Morgan fingerprint density at radius 2 is 2.04 bits per heavy atom. The molecule has 0 saturated carbocycles. The van der Waals surface area contributed by atoms with E-state index in [0.29, 0.717) is 28.5 Å². The molecule has 0 bridgehead atoms. The van der Waals surface area contributed by atoms with Gasteiger partial charge in [0.25, 0.3) is 0 Å². The summed E-state index contributed by atoms with van der Waals surface area (Å²) in [5.74, 6) is 0.527. The molecule has 0 fully saturated rings. The van der Waals surface area contributed by atoms with E-state index < -0.39 is 24.2 Å². The number of nitrogens with two attached hydrogens (primary N) is 1. The van der Waals surface area contributed by atoms with Crippen LogP contribution >= 0.6 is 23.3 Å². The number of hydrogen-bond acceptors (Lipinski definition) is 6. The summed E-state index contributed by atoms with van der Waals surface area (Å²) < 4.78 is 45.0. The first-order valence-corrected chi connectivity index (χ1v) is 9.15. The second-order valence-corrected chi connectivity index (χ2v) is 7.37. The Hall–Kier alpha value is -1.16. The second-order valence-electron chi connectivity index (χ2n) is 5.34. The first-order valence-electron chi connectivity index (χ1n) is 7.22. The number of thioether (sulfide) groups is 1. The number of rotatable bonds is 8. The predicted octanol–water partition coefficient (Wildman–Crippen LogP) is 3.09. The summed E-state index contributed by atoms with van der Waals surface area (Å²) in [4.78, 5) is 10.4. The van der Waals surface area contributed by atoms with Gasteiger partial charge in [0, 0.05) is 5.39 Å². The van der Waals surface area contributed by atoms with Crippen LogP contribution in [0.1, 0.15) is 18.5 Å². The third-order valence-corrected chi connectivity index (χ3v) is 5.46. The number of aromatic nitrogens is 1. The molecule has 2 atom stereocenters. The van der Waals surface area contributed by atoms with Crippen molar-refractivity contribution in [3.8, 4) is 0 Å². The molecule has 1 aromatic heterocycles. The number of alkyl halides is 3. The second kappa shape index (κ2) is 7.81. The molecule has 0 saturated heterocycles. The van der Waals surface area contributed by atoms with Gasteiger partial charge in [-0.25, -0.2) is 0 Å². The summed E-state index contributed by atoms with van der Waals surface area (Å²) in [6, 6.07) is 5.92. The Morgan fingerprint density at radius 3 is 2.71 bits per heavy atom. The van der Waals surface area contributed by atoms with Gasteiger partial charge >= 0.3 is 6.18 Å².